The summed E-state index contributed by atoms with van der Waals surface area (Å²) in [5.41, 5.74) is 9.38. The lowest BCUT2D eigenvalue weighted by atomic mass is 9.62. The van der Waals surface area contributed by atoms with Crippen LogP contribution in [0.4, 0.5) is 0 Å². The number of allylic oxidation sites excluding steroid dienone is 5. The third kappa shape index (κ3) is 4.98. The maximum absolute atomic E-state index is 13.5. The molecule has 0 spiro atoms. The molecule has 0 amide bonds. The van der Waals surface area contributed by atoms with Crippen LogP contribution in [0.3, 0.4) is 0 Å². The van der Waals surface area contributed by atoms with E-state index in [2.05, 4.69) is 97.0 Å². The number of fused-ring (bicyclic) bond motifs is 5. The Bertz CT molecular complexity index is 2380. The summed E-state index contributed by atoms with van der Waals surface area (Å²) in [6.07, 6.45) is 7.86. The molecule has 0 bridgehead atoms. The Morgan fingerprint density at radius 2 is 1.18 bits per heavy atom. The Morgan fingerprint density at radius 3 is 1.86 bits per heavy atom. The van der Waals surface area contributed by atoms with E-state index < -0.39 is 11.2 Å². The Labute approximate surface area is 308 Å². The van der Waals surface area contributed by atoms with Gasteiger partial charge in [0.2, 0.25) is 0 Å². The Kier molecular flexibility index (Phi) is 7.99. The van der Waals surface area contributed by atoms with Crippen molar-refractivity contribution in [1.82, 2.24) is 0 Å². The molecule has 2 N–H and O–H groups in total. The third-order valence-electron chi connectivity index (χ3n) is 11.0. The molecule has 0 aliphatic heterocycles. The monoisotopic (exact) mass is 726 g/mol. The molecule has 2 aliphatic rings. The minimum Gasteiger partial charge on any atom is -0.376 e. The van der Waals surface area contributed by atoms with Crippen molar-refractivity contribution in [3.05, 3.63) is 219 Å². The second-order valence-electron chi connectivity index (χ2n) is 14.1. The van der Waals surface area contributed by atoms with E-state index in [9.17, 15) is 10.2 Å². The fraction of sp³-hybridized carbons (Fsp3) is 0.125. The van der Waals surface area contributed by atoms with Crippen LogP contribution in [-0.2, 0) is 16.6 Å². The zero-order valence-electron chi connectivity index (χ0n) is 29.0. The van der Waals surface area contributed by atoms with E-state index in [-0.39, 0.29) is 5.41 Å². The highest BCUT2D eigenvalue weighted by Gasteiger charge is 2.52. The van der Waals surface area contributed by atoms with Crippen LogP contribution in [0.25, 0.3) is 27.8 Å². The summed E-state index contributed by atoms with van der Waals surface area (Å²) in [4.78, 5) is 0. The molecule has 250 valence electrons. The molecular weight excluding hydrogens is 688 g/mol. The van der Waals surface area contributed by atoms with Crippen LogP contribution >= 0.6 is 15.9 Å². The maximum atomic E-state index is 13.5. The lowest BCUT2D eigenvalue weighted by Gasteiger charge is -2.46. The Morgan fingerprint density at radius 1 is 0.588 bits per heavy atom. The van der Waals surface area contributed by atoms with Gasteiger partial charge in [-0.25, -0.2) is 0 Å². The van der Waals surface area contributed by atoms with Crippen molar-refractivity contribution in [2.75, 3.05) is 0 Å². The molecule has 2 unspecified atom stereocenters. The molecule has 2 aliphatic carbocycles. The molecule has 0 aromatic heterocycles. The van der Waals surface area contributed by atoms with Crippen LogP contribution in [0.5, 0.6) is 0 Å². The van der Waals surface area contributed by atoms with Crippen molar-refractivity contribution in [2.24, 2.45) is 0 Å². The fourth-order valence-electron chi connectivity index (χ4n) is 8.31. The quantitative estimate of drug-likeness (QED) is 0.168. The summed E-state index contributed by atoms with van der Waals surface area (Å²) < 4.78 is 0.820. The van der Waals surface area contributed by atoms with Crippen molar-refractivity contribution >= 4 is 21.5 Å². The molecule has 0 heterocycles. The lowest BCUT2D eigenvalue weighted by molar-refractivity contribution is 0.0746. The molecule has 6 aromatic rings. The molecule has 3 heteroatoms. The van der Waals surface area contributed by atoms with Gasteiger partial charge in [0.25, 0.3) is 0 Å². The van der Waals surface area contributed by atoms with Crippen molar-refractivity contribution in [3.8, 4) is 22.3 Å². The molecule has 2 nitrogen and oxygen atoms in total. The van der Waals surface area contributed by atoms with Crippen LogP contribution in [0.2, 0.25) is 0 Å². The summed E-state index contributed by atoms with van der Waals surface area (Å²) in [5.74, 6) is 0. The highest BCUT2D eigenvalue weighted by molar-refractivity contribution is 9.10. The van der Waals surface area contributed by atoms with E-state index in [0.717, 1.165) is 54.6 Å². The Balaban J connectivity index is 1.42. The van der Waals surface area contributed by atoms with Crippen molar-refractivity contribution in [3.63, 3.8) is 0 Å². The minimum atomic E-state index is -1.57. The summed E-state index contributed by atoms with van der Waals surface area (Å²) in [7, 11) is 0. The van der Waals surface area contributed by atoms with Gasteiger partial charge in [-0.05, 0) is 91.9 Å². The predicted octanol–water partition coefficient (Wildman–Crippen LogP) is 11.4. The van der Waals surface area contributed by atoms with Gasteiger partial charge in [0.15, 0.2) is 0 Å². The standard InChI is InChI=1S/C48H39BrO2/c1-5-7-13-31(6-2)33-18-22-35(23-19-33)47(50)41-27-26-37(49)28-43(41)48(51,36-24-20-34(21-25-36)32-14-9-8-10-15-32)45-30-42-39(29-44(45)47)38-16-11-12-17-40(38)46(42,3)4/h5-30,50-51H,2H2,1,3-4H3/b7-5-,31-13+. The van der Waals surface area contributed by atoms with E-state index >= 15 is 0 Å². The largest absolute Gasteiger partial charge is 0.376 e. The average Bonchev–Trinajstić information content (AvgIpc) is 3.39. The molecule has 0 saturated heterocycles. The molecular formula is C48H39BrO2. The number of hydrogen-bond donors (Lipinski definition) is 2. The first-order valence-corrected chi connectivity index (χ1v) is 18.2. The first kappa shape index (κ1) is 33.1. The van der Waals surface area contributed by atoms with Gasteiger partial charge in [0.05, 0.1) is 0 Å². The summed E-state index contributed by atoms with van der Waals surface area (Å²) in [6.45, 7) is 10.5. The molecule has 0 radical (unpaired) electrons. The van der Waals surface area contributed by atoms with E-state index in [4.69, 9.17) is 0 Å². The third-order valence-corrected chi connectivity index (χ3v) is 11.5. The van der Waals surface area contributed by atoms with Crippen LogP contribution in [0.15, 0.2) is 169 Å². The van der Waals surface area contributed by atoms with Crippen molar-refractivity contribution < 1.29 is 10.2 Å². The van der Waals surface area contributed by atoms with Crippen molar-refractivity contribution in [1.29, 1.82) is 0 Å². The minimum absolute atomic E-state index is 0.309. The first-order valence-electron chi connectivity index (χ1n) is 17.4. The first-order chi connectivity index (χ1) is 24.6. The zero-order chi connectivity index (χ0) is 35.5. The number of aliphatic hydroxyl groups is 2. The second kappa shape index (κ2) is 12.3. The molecule has 51 heavy (non-hydrogen) atoms. The fourth-order valence-corrected chi connectivity index (χ4v) is 8.67. The molecule has 0 fully saturated rings. The normalized spacial score (nSPS) is 20.0. The van der Waals surface area contributed by atoms with E-state index in [0.29, 0.717) is 22.3 Å². The van der Waals surface area contributed by atoms with E-state index in [1.165, 1.54) is 5.56 Å². The number of rotatable bonds is 6. The van der Waals surface area contributed by atoms with Crippen molar-refractivity contribution in [2.45, 2.75) is 37.4 Å². The van der Waals surface area contributed by atoms with Gasteiger partial charge in [-0.15, -0.1) is 0 Å². The van der Waals surface area contributed by atoms with Gasteiger partial charge in [-0.3, -0.25) is 0 Å². The number of hydrogen-bond acceptors (Lipinski definition) is 2. The molecule has 2 atom stereocenters. The smallest absolute Gasteiger partial charge is 0.141 e. The van der Waals surface area contributed by atoms with Gasteiger partial charge in [0, 0.05) is 21.0 Å². The van der Waals surface area contributed by atoms with Crippen LogP contribution in [0.1, 0.15) is 70.8 Å². The molecule has 8 rings (SSSR count). The van der Waals surface area contributed by atoms with E-state index in [1.807, 2.05) is 104 Å². The SMILES string of the molecule is C=C/C(=C\C=C/C)c1ccc(C2(O)c3ccc(Br)cc3C(O)(c3ccc(-c4ccccc4)cc3)c3cc4c(cc32)-c2ccccc2C4(C)C)cc1. The average molecular weight is 728 g/mol. The molecule has 6 aromatic carbocycles. The highest BCUT2D eigenvalue weighted by atomic mass is 79.9. The lowest BCUT2D eigenvalue weighted by Crippen LogP contribution is -2.44. The summed E-state index contributed by atoms with van der Waals surface area (Å²) >= 11 is 3.72. The predicted molar refractivity (Wildman–Crippen MR) is 214 cm³/mol. The summed E-state index contributed by atoms with van der Waals surface area (Å²) in [5, 5.41) is 27.0. The van der Waals surface area contributed by atoms with Gasteiger partial charge < -0.3 is 10.2 Å². The zero-order valence-corrected chi connectivity index (χ0v) is 30.6. The Hall–Kier alpha value is -5.06. The topological polar surface area (TPSA) is 40.5 Å². The van der Waals surface area contributed by atoms with Crippen LogP contribution in [0, 0.1) is 0 Å². The van der Waals surface area contributed by atoms with Crippen LogP contribution in [-0.4, -0.2) is 10.2 Å². The van der Waals surface area contributed by atoms with Crippen LogP contribution < -0.4 is 0 Å². The maximum Gasteiger partial charge on any atom is 0.141 e. The van der Waals surface area contributed by atoms with Gasteiger partial charge in [0.1, 0.15) is 11.2 Å². The number of halogens is 1. The summed E-state index contributed by atoms with van der Waals surface area (Å²) in [6, 6.07) is 45.2. The van der Waals surface area contributed by atoms with Gasteiger partial charge >= 0.3 is 0 Å². The highest BCUT2D eigenvalue weighted by Crippen LogP contribution is 2.58. The molecule has 0 saturated carbocycles. The van der Waals surface area contributed by atoms with Gasteiger partial charge in [-0.1, -0.05) is 176 Å². The second-order valence-corrected chi connectivity index (χ2v) is 15.0. The van der Waals surface area contributed by atoms with E-state index in [1.54, 1.807) is 0 Å². The number of benzene rings is 6. The van der Waals surface area contributed by atoms with Gasteiger partial charge in [-0.2, -0.15) is 0 Å².